The number of carbonyl (C=O) groups excluding carboxylic acids is 2. The molecule has 0 unspecified atom stereocenters. The van der Waals surface area contributed by atoms with Crippen LogP contribution in [-0.4, -0.2) is 25.2 Å². The van der Waals surface area contributed by atoms with Crippen LogP contribution >= 0.6 is 0 Å². The highest BCUT2D eigenvalue weighted by Crippen LogP contribution is 2.05. The van der Waals surface area contributed by atoms with Crippen molar-refractivity contribution < 1.29 is 19.1 Å². The van der Waals surface area contributed by atoms with Gasteiger partial charge in [-0.05, 0) is 12.8 Å². The Bertz CT molecular complexity index is 323. The summed E-state index contributed by atoms with van der Waals surface area (Å²) in [6, 6.07) is 0. The summed E-state index contributed by atoms with van der Waals surface area (Å²) in [5.74, 6) is -0.949. The molecule has 0 heterocycles. The van der Waals surface area contributed by atoms with Crippen LogP contribution in [0.4, 0.5) is 0 Å². The van der Waals surface area contributed by atoms with Crippen LogP contribution in [0.25, 0.3) is 0 Å². The van der Waals surface area contributed by atoms with Gasteiger partial charge in [0.15, 0.2) is 0 Å². The molecule has 0 bridgehead atoms. The summed E-state index contributed by atoms with van der Waals surface area (Å²) in [6.07, 6.45) is 14.7. The molecule has 0 aliphatic carbocycles. The Kier molecular flexibility index (Phi) is 16.1. The average molecular weight is 326 g/mol. The first-order valence-electron chi connectivity index (χ1n) is 9.22. The first-order chi connectivity index (χ1) is 11.2. The topological polar surface area (TPSA) is 52.6 Å². The van der Waals surface area contributed by atoms with Gasteiger partial charge in [0.05, 0.1) is 13.2 Å². The Labute approximate surface area is 141 Å². The van der Waals surface area contributed by atoms with Crippen molar-refractivity contribution in [2.75, 3.05) is 13.2 Å². The quantitative estimate of drug-likeness (QED) is 0.242. The molecular formula is C19H34O4. The molecule has 0 aromatic heterocycles. The lowest BCUT2D eigenvalue weighted by Crippen LogP contribution is -2.06. The van der Waals surface area contributed by atoms with Crippen molar-refractivity contribution in [2.24, 2.45) is 0 Å². The van der Waals surface area contributed by atoms with Crippen LogP contribution in [0.1, 0.15) is 84.5 Å². The van der Waals surface area contributed by atoms with E-state index in [1.807, 2.05) is 0 Å². The third-order valence-electron chi connectivity index (χ3n) is 3.59. The van der Waals surface area contributed by atoms with Gasteiger partial charge in [-0.2, -0.15) is 0 Å². The predicted molar refractivity (Wildman–Crippen MR) is 93.2 cm³/mol. The number of carbonyl (C=O) groups is 2. The van der Waals surface area contributed by atoms with Crippen molar-refractivity contribution in [3.05, 3.63) is 12.2 Å². The first kappa shape index (κ1) is 21.7. The first-order valence-corrected chi connectivity index (χ1v) is 9.22. The fourth-order valence-corrected chi connectivity index (χ4v) is 2.17. The molecule has 0 aromatic carbocycles. The molecule has 0 amide bonds. The lowest BCUT2D eigenvalue weighted by atomic mass is 10.1. The van der Waals surface area contributed by atoms with Crippen molar-refractivity contribution in [1.29, 1.82) is 0 Å². The minimum atomic E-state index is -0.475. The molecule has 0 aromatic rings. The Morgan fingerprint density at radius 2 is 0.957 bits per heavy atom. The van der Waals surface area contributed by atoms with Gasteiger partial charge in [0, 0.05) is 12.2 Å². The molecule has 0 atom stereocenters. The predicted octanol–water partition coefficient (Wildman–Crippen LogP) is 4.96. The van der Waals surface area contributed by atoms with Gasteiger partial charge >= 0.3 is 11.9 Å². The summed E-state index contributed by atoms with van der Waals surface area (Å²) >= 11 is 0. The Morgan fingerprint density at radius 1 is 0.609 bits per heavy atom. The highest BCUT2D eigenvalue weighted by molar-refractivity contribution is 5.91. The van der Waals surface area contributed by atoms with E-state index < -0.39 is 11.9 Å². The minimum absolute atomic E-state index is 0.416. The Morgan fingerprint density at radius 3 is 1.35 bits per heavy atom. The maximum absolute atomic E-state index is 11.4. The van der Waals surface area contributed by atoms with Crippen molar-refractivity contribution in [2.45, 2.75) is 84.5 Å². The summed E-state index contributed by atoms with van der Waals surface area (Å²) in [6.45, 7) is 5.18. The van der Waals surface area contributed by atoms with Gasteiger partial charge in [-0.1, -0.05) is 71.6 Å². The van der Waals surface area contributed by atoms with Crippen LogP contribution in [0.2, 0.25) is 0 Å². The third kappa shape index (κ3) is 16.9. The van der Waals surface area contributed by atoms with Gasteiger partial charge in [0.2, 0.25) is 0 Å². The lowest BCUT2D eigenvalue weighted by molar-refractivity contribution is -0.140. The number of hydrogen-bond acceptors (Lipinski definition) is 4. The minimum Gasteiger partial charge on any atom is -0.463 e. The summed E-state index contributed by atoms with van der Waals surface area (Å²) in [5.41, 5.74) is 0. The van der Waals surface area contributed by atoms with E-state index in [0.717, 1.165) is 37.8 Å². The summed E-state index contributed by atoms with van der Waals surface area (Å²) in [5, 5.41) is 0. The maximum atomic E-state index is 11.4. The SMILES string of the molecule is CCCCCCCCOC(=O)/C=C/C(=O)OCCCCCCC. The lowest BCUT2D eigenvalue weighted by Gasteiger charge is -2.03. The number of rotatable bonds is 15. The zero-order valence-electron chi connectivity index (χ0n) is 15.0. The zero-order chi connectivity index (χ0) is 17.2. The molecule has 0 radical (unpaired) electrons. The zero-order valence-corrected chi connectivity index (χ0v) is 15.0. The molecular weight excluding hydrogens is 292 g/mol. The van der Waals surface area contributed by atoms with E-state index in [2.05, 4.69) is 13.8 Å². The second kappa shape index (κ2) is 17.0. The van der Waals surface area contributed by atoms with E-state index in [1.54, 1.807) is 0 Å². The summed E-state index contributed by atoms with van der Waals surface area (Å²) < 4.78 is 10.1. The fraction of sp³-hybridized carbons (Fsp3) is 0.789. The monoisotopic (exact) mass is 326 g/mol. The van der Waals surface area contributed by atoms with Gasteiger partial charge in [-0.15, -0.1) is 0 Å². The standard InChI is InChI=1S/C19H34O4/c1-3-5-7-9-11-13-17-23-19(21)15-14-18(20)22-16-12-10-8-6-4-2/h14-15H,3-13,16-17H2,1-2H3/b15-14+. The molecule has 4 nitrogen and oxygen atoms in total. The molecule has 0 N–H and O–H groups in total. The summed E-state index contributed by atoms with van der Waals surface area (Å²) in [4.78, 5) is 22.8. The fourth-order valence-electron chi connectivity index (χ4n) is 2.17. The van der Waals surface area contributed by atoms with Crippen LogP contribution in [0.15, 0.2) is 12.2 Å². The average Bonchev–Trinajstić information content (AvgIpc) is 2.55. The smallest absolute Gasteiger partial charge is 0.331 e. The van der Waals surface area contributed by atoms with Gasteiger partial charge < -0.3 is 9.47 Å². The second-order valence-electron chi connectivity index (χ2n) is 5.85. The van der Waals surface area contributed by atoms with Crippen molar-refractivity contribution in [1.82, 2.24) is 0 Å². The number of unbranched alkanes of at least 4 members (excludes halogenated alkanes) is 9. The van der Waals surface area contributed by atoms with E-state index in [1.165, 1.54) is 44.9 Å². The number of esters is 2. The molecule has 0 saturated heterocycles. The van der Waals surface area contributed by atoms with Crippen LogP contribution < -0.4 is 0 Å². The Balaban J connectivity index is 3.49. The highest BCUT2D eigenvalue weighted by Gasteiger charge is 2.01. The van der Waals surface area contributed by atoms with Gasteiger partial charge in [-0.3, -0.25) is 0 Å². The van der Waals surface area contributed by atoms with Crippen molar-refractivity contribution in [3.63, 3.8) is 0 Å². The molecule has 0 aliphatic rings. The molecule has 0 aliphatic heterocycles. The molecule has 0 spiro atoms. The van der Waals surface area contributed by atoms with Gasteiger partial charge in [0.1, 0.15) is 0 Å². The van der Waals surface area contributed by atoms with Crippen LogP contribution in [0.3, 0.4) is 0 Å². The molecule has 23 heavy (non-hydrogen) atoms. The van der Waals surface area contributed by atoms with Gasteiger partial charge in [-0.25, -0.2) is 9.59 Å². The van der Waals surface area contributed by atoms with E-state index in [9.17, 15) is 9.59 Å². The third-order valence-corrected chi connectivity index (χ3v) is 3.59. The van der Waals surface area contributed by atoms with Crippen LogP contribution in [-0.2, 0) is 19.1 Å². The largest absolute Gasteiger partial charge is 0.463 e. The van der Waals surface area contributed by atoms with E-state index in [0.29, 0.717) is 13.2 Å². The molecule has 134 valence electrons. The van der Waals surface area contributed by atoms with Crippen molar-refractivity contribution in [3.8, 4) is 0 Å². The highest BCUT2D eigenvalue weighted by atomic mass is 16.5. The summed E-state index contributed by atoms with van der Waals surface area (Å²) in [7, 11) is 0. The number of hydrogen-bond donors (Lipinski definition) is 0. The van der Waals surface area contributed by atoms with E-state index >= 15 is 0 Å². The second-order valence-corrected chi connectivity index (χ2v) is 5.85. The van der Waals surface area contributed by atoms with E-state index in [4.69, 9.17) is 9.47 Å². The number of ether oxygens (including phenoxy) is 2. The Hall–Kier alpha value is -1.32. The van der Waals surface area contributed by atoms with E-state index in [-0.39, 0.29) is 0 Å². The van der Waals surface area contributed by atoms with Crippen molar-refractivity contribution >= 4 is 11.9 Å². The molecule has 0 rings (SSSR count). The molecule has 0 fully saturated rings. The molecule has 0 saturated carbocycles. The van der Waals surface area contributed by atoms with Gasteiger partial charge in [0.25, 0.3) is 0 Å². The molecule has 4 heteroatoms. The maximum Gasteiger partial charge on any atom is 0.331 e. The van der Waals surface area contributed by atoms with Crippen LogP contribution in [0.5, 0.6) is 0 Å². The van der Waals surface area contributed by atoms with Crippen LogP contribution in [0, 0.1) is 0 Å². The normalized spacial score (nSPS) is 10.9.